The van der Waals surface area contributed by atoms with Crippen LogP contribution in [0, 0.1) is 0 Å². The number of ether oxygens (including phenoxy) is 2. The fourth-order valence-corrected chi connectivity index (χ4v) is 3.62. The van der Waals surface area contributed by atoms with E-state index in [4.69, 9.17) is 21.1 Å². The number of likely N-dealkylation sites (tertiary alicyclic amines) is 1. The Labute approximate surface area is 160 Å². The molecule has 1 amide bonds. The van der Waals surface area contributed by atoms with Gasteiger partial charge in [0.05, 0.1) is 24.3 Å². The molecule has 0 saturated carbocycles. The van der Waals surface area contributed by atoms with Crippen molar-refractivity contribution >= 4 is 17.5 Å². The van der Waals surface area contributed by atoms with Crippen LogP contribution in [0.15, 0.2) is 18.2 Å². The lowest BCUT2D eigenvalue weighted by Crippen LogP contribution is -2.38. The lowest BCUT2D eigenvalue weighted by Gasteiger charge is -2.26. The van der Waals surface area contributed by atoms with Crippen molar-refractivity contribution < 1.29 is 14.3 Å². The normalized spacial score (nSPS) is 21.4. The molecule has 2 aliphatic heterocycles. The minimum Gasteiger partial charge on any atom is -0.491 e. The van der Waals surface area contributed by atoms with Crippen LogP contribution in [0.4, 0.5) is 0 Å². The summed E-state index contributed by atoms with van der Waals surface area (Å²) in [4.78, 5) is 16.3. The average molecular weight is 382 g/mol. The first-order chi connectivity index (χ1) is 12.7. The molecule has 1 N–H and O–H groups in total. The number of nitrogens with zero attached hydrogens (tertiary/aromatic N) is 2. The number of hydrogen-bond acceptors (Lipinski definition) is 5. The molecule has 0 radical (unpaired) electrons. The van der Waals surface area contributed by atoms with Crippen LogP contribution in [0.25, 0.3) is 0 Å². The van der Waals surface area contributed by atoms with Crippen LogP contribution in [0.5, 0.6) is 5.75 Å². The summed E-state index contributed by atoms with van der Waals surface area (Å²) in [5.74, 6) is 0.902. The summed E-state index contributed by atoms with van der Waals surface area (Å²) in [6.45, 7) is 9.24. The van der Waals surface area contributed by atoms with Crippen molar-refractivity contribution in [3.63, 3.8) is 0 Å². The molecule has 0 bridgehead atoms. The number of nitrogens with one attached hydrogen (secondary N) is 1. The van der Waals surface area contributed by atoms with Crippen molar-refractivity contribution in [2.24, 2.45) is 0 Å². The van der Waals surface area contributed by atoms with E-state index in [-0.39, 0.29) is 11.9 Å². The Morgan fingerprint density at radius 2 is 2.12 bits per heavy atom. The third-order valence-corrected chi connectivity index (χ3v) is 5.29. The summed E-state index contributed by atoms with van der Waals surface area (Å²) < 4.78 is 11.2. The molecule has 0 spiro atoms. The minimum absolute atomic E-state index is 0.0850. The maximum atomic E-state index is 12.1. The van der Waals surface area contributed by atoms with Crippen LogP contribution in [0.1, 0.15) is 18.9 Å². The highest BCUT2D eigenvalue weighted by atomic mass is 35.5. The van der Waals surface area contributed by atoms with E-state index in [1.807, 2.05) is 30.0 Å². The zero-order valence-electron chi connectivity index (χ0n) is 15.4. The zero-order chi connectivity index (χ0) is 18.4. The highest BCUT2D eigenvalue weighted by Crippen LogP contribution is 2.25. The van der Waals surface area contributed by atoms with Crippen molar-refractivity contribution in [1.29, 1.82) is 0 Å². The molecule has 2 aliphatic rings. The number of carbonyl (C=O) groups excluding carboxylic acids is 1. The topological polar surface area (TPSA) is 54.0 Å². The second-order valence-corrected chi connectivity index (χ2v) is 7.11. The molecule has 1 unspecified atom stereocenters. The number of likely N-dealkylation sites (N-methyl/N-ethyl adjacent to an activating group) is 1. The van der Waals surface area contributed by atoms with E-state index in [1.165, 1.54) is 0 Å². The van der Waals surface area contributed by atoms with Gasteiger partial charge < -0.3 is 19.7 Å². The lowest BCUT2D eigenvalue weighted by atomic mass is 10.2. The summed E-state index contributed by atoms with van der Waals surface area (Å²) in [6.07, 6.45) is 0.864. The van der Waals surface area contributed by atoms with Crippen LogP contribution in [-0.4, -0.2) is 74.3 Å². The second kappa shape index (κ2) is 9.55. The van der Waals surface area contributed by atoms with Gasteiger partial charge in [-0.05, 0) is 31.0 Å². The van der Waals surface area contributed by atoms with Crippen LogP contribution in [0.3, 0.4) is 0 Å². The Hall–Kier alpha value is -1.34. The first-order valence-corrected chi connectivity index (χ1v) is 9.78. The third-order valence-electron chi connectivity index (χ3n) is 5.00. The average Bonchev–Trinajstić information content (AvgIpc) is 3.02. The first-order valence-electron chi connectivity index (χ1n) is 9.41. The zero-order valence-corrected chi connectivity index (χ0v) is 16.1. The number of rotatable bonds is 8. The van der Waals surface area contributed by atoms with Crippen LogP contribution < -0.4 is 10.1 Å². The van der Waals surface area contributed by atoms with E-state index < -0.39 is 0 Å². The third kappa shape index (κ3) is 5.10. The van der Waals surface area contributed by atoms with Gasteiger partial charge >= 0.3 is 0 Å². The van der Waals surface area contributed by atoms with Crippen molar-refractivity contribution in [3.05, 3.63) is 28.8 Å². The summed E-state index contributed by atoms with van der Waals surface area (Å²) in [7, 11) is 0. The molecule has 26 heavy (non-hydrogen) atoms. The quantitative estimate of drug-likeness (QED) is 0.743. The fourth-order valence-electron chi connectivity index (χ4n) is 3.36. The van der Waals surface area contributed by atoms with Gasteiger partial charge in [0.2, 0.25) is 5.91 Å². The molecule has 1 atom stereocenters. The van der Waals surface area contributed by atoms with Crippen molar-refractivity contribution in [1.82, 2.24) is 15.1 Å². The minimum atomic E-state index is -0.0850. The second-order valence-electron chi connectivity index (χ2n) is 6.71. The Morgan fingerprint density at radius 3 is 2.81 bits per heavy atom. The Morgan fingerprint density at radius 1 is 1.31 bits per heavy atom. The van der Waals surface area contributed by atoms with E-state index in [0.29, 0.717) is 23.9 Å². The predicted molar refractivity (Wildman–Crippen MR) is 102 cm³/mol. The molecule has 0 aliphatic carbocycles. The van der Waals surface area contributed by atoms with Gasteiger partial charge in [-0.25, -0.2) is 0 Å². The summed E-state index contributed by atoms with van der Waals surface area (Å²) in [5.41, 5.74) is 1.05. The number of morpholine rings is 1. The van der Waals surface area contributed by atoms with Gasteiger partial charge in [-0.15, -0.1) is 0 Å². The van der Waals surface area contributed by atoms with E-state index in [9.17, 15) is 4.79 Å². The number of amides is 1. The van der Waals surface area contributed by atoms with Gasteiger partial charge in [0.25, 0.3) is 0 Å². The van der Waals surface area contributed by atoms with E-state index in [0.717, 1.165) is 57.9 Å². The Kier molecular flexibility index (Phi) is 7.14. The van der Waals surface area contributed by atoms with Gasteiger partial charge in [-0.2, -0.15) is 0 Å². The highest BCUT2D eigenvalue weighted by Gasteiger charge is 2.29. The van der Waals surface area contributed by atoms with Crippen molar-refractivity contribution in [3.8, 4) is 5.75 Å². The lowest BCUT2D eigenvalue weighted by molar-refractivity contribution is -0.129. The molecular formula is C19H28ClN3O3. The standard InChI is InChI=1S/C19H28ClN3O3/c1-2-23-6-5-17(19(23)24)21-14-15-3-4-18(16(20)13-15)26-12-9-22-7-10-25-11-8-22/h3-4,13,17,21H,2,5-12,14H2,1H3. The molecule has 144 valence electrons. The number of halogens is 1. The van der Waals surface area contributed by atoms with Gasteiger partial charge in [0.1, 0.15) is 12.4 Å². The molecule has 6 nitrogen and oxygen atoms in total. The van der Waals surface area contributed by atoms with Crippen LogP contribution >= 0.6 is 11.6 Å². The van der Waals surface area contributed by atoms with E-state index in [1.54, 1.807) is 0 Å². The summed E-state index contributed by atoms with van der Waals surface area (Å²) in [5, 5.41) is 3.95. The van der Waals surface area contributed by atoms with Crippen molar-refractivity contribution in [2.75, 3.05) is 52.5 Å². The first kappa shape index (κ1) is 19.4. The molecule has 7 heteroatoms. The van der Waals surface area contributed by atoms with Crippen molar-refractivity contribution in [2.45, 2.75) is 25.9 Å². The van der Waals surface area contributed by atoms with Gasteiger partial charge in [0, 0.05) is 39.3 Å². The summed E-state index contributed by atoms with van der Waals surface area (Å²) in [6, 6.07) is 5.74. The van der Waals surface area contributed by atoms with Gasteiger partial charge in [-0.3, -0.25) is 9.69 Å². The van der Waals surface area contributed by atoms with E-state index >= 15 is 0 Å². The van der Waals surface area contributed by atoms with Crippen LogP contribution in [0.2, 0.25) is 5.02 Å². The SMILES string of the molecule is CCN1CCC(NCc2ccc(OCCN3CCOCC3)c(Cl)c2)C1=O. The van der Waals surface area contributed by atoms with Gasteiger partial charge in [0.15, 0.2) is 0 Å². The molecule has 3 rings (SSSR count). The smallest absolute Gasteiger partial charge is 0.239 e. The Bertz CT molecular complexity index is 608. The number of benzene rings is 1. The molecule has 0 aromatic heterocycles. The molecule has 1 aromatic rings. The highest BCUT2D eigenvalue weighted by molar-refractivity contribution is 6.32. The maximum absolute atomic E-state index is 12.1. The molecule has 2 fully saturated rings. The van der Waals surface area contributed by atoms with E-state index in [2.05, 4.69) is 10.2 Å². The predicted octanol–water partition coefficient (Wildman–Crippen LogP) is 1.76. The monoisotopic (exact) mass is 381 g/mol. The molecule has 2 saturated heterocycles. The number of hydrogen-bond donors (Lipinski definition) is 1. The maximum Gasteiger partial charge on any atom is 0.239 e. The summed E-state index contributed by atoms with van der Waals surface area (Å²) >= 11 is 6.36. The molecular weight excluding hydrogens is 354 g/mol. The van der Waals surface area contributed by atoms with Crippen LogP contribution in [-0.2, 0) is 16.1 Å². The number of carbonyl (C=O) groups is 1. The largest absolute Gasteiger partial charge is 0.491 e. The molecule has 2 heterocycles. The fraction of sp³-hybridized carbons (Fsp3) is 0.632. The van der Waals surface area contributed by atoms with Gasteiger partial charge in [-0.1, -0.05) is 17.7 Å². The molecule has 1 aromatic carbocycles. The Balaban J connectivity index is 1.44.